The lowest BCUT2D eigenvalue weighted by Crippen LogP contribution is -2.45. The molecule has 2 aliphatic heterocycles. The van der Waals surface area contributed by atoms with Gasteiger partial charge in [0.1, 0.15) is 0 Å². The summed E-state index contributed by atoms with van der Waals surface area (Å²) in [5.74, 6) is 0.183. The number of hydrogen-bond donors (Lipinski definition) is 2. The first-order chi connectivity index (χ1) is 13.2. The van der Waals surface area contributed by atoms with Crippen molar-refractivity contribution >= 4 is 11.9 Å². The van der Waals surface area contributed by atoms with E-state index in [1.54, 1.807) is 4.90 Å². The Morgan fingerprint density at radius 1 is 1.07 bits per heavy atom. The summed E-state index contributed by atoms with van der Waals surface area (Å²) in [7, 11) is 0. The lowest BCUT2D eigenvalue weighted by atomic mass is 9.80. The van der Waals surface area contributed by atoms with E-state index in [1.807, 2.05) is 36.4 Å². The Labute approximate surface area is 161 Å². The monoisotopic (exact) mass is 364 g/mol. The van der Waals surface area contributed by atoms with Gasteiger partial charge >= 0.3 is 0 Å². The minimum atomic E-state index is -0.969. The number of guanidine groups is 1. The van der Waals surface area contributed by atoms with Crippen LogP contribution in [-0.4, -0.2) is 47.8 Å². The van der Waals surface area contributed by atoms with E-state index in [0.717, 1.165) is 50.0 Å². The molecule has 5 heteroatoms. The zero-order valence-electron chi connectivity index (χ0n) is 15.8. The molecule has 2 heterocycles. The van der Waals surface area contributed by atoms with Crippen LogP contribution in [0.4, 0.5) is 0 Å². The highest BCUT2D eigenvalue weighted by Crippen LogP contribution is 2.38. The zero-order valence-corrected chi connectivity index (χ0v) is 15.8. The summed E-state index contributed by atoms with van der Waals surface area (Å²) in [5.41, 5.74) is 0.888. The van der Waals surface area contributed by atoms with Gasteiger partial charge in [0.2, 0.25) is 0 Å². The predicted molar refractivity (Wildman–Crippen MR) is 107 cm³/mol. The highest BCUT2D eigenvalue weighted by Gasteiger charge is 2.52. The van der Waals surface area contributed by atoms with Crippen molar-refractivity contribution in [1.82, 2.24) is 15.1 Å². The Morgan fingerprint density at radius 3 is 2.56 bits per heavy atom. The van der Waals surface area contributed by atoms with Gasteiger partial charge in [0.05, 0.1) is 0 Å². The summed E-state index contributed by atoms with van der Waals surface area (Å²) >= 11 is 0. The number of amides is 1. The first-order valence-corrected chi connectivity index (χ1v) is 10.1. The van der Waals surface area contributed by atoms with Crippen LogP contribution in [0, 0.1) is 5.41 Å². The third kappa shape index (κ3) is 3.32. The van der Waals surface area contributed by atoms with Crippen LogP contribution in [0.25, 0.3) is 0 Å². The number of likely N-dealkylation sites (tertiary alicyclic amines) is 1. The van der Waals surface area contributed by atoms with Gasteiger partial charge in [-0.1, -0.05) is 48.6 Å². The Bertz CT molecular complexity index is 764. The summed E-state index contributed by atoms with van der Waals surface area (Å²) in [6.45, 7) is 3.91. The van der Waals surface area contributed by atoms with Crippen LogP contribution in [-0.2, 0) is 10.3 Å². The van der Waals surface area contributed by atoms with Crippen LogP contribution in [0.15, 0.2) is 54.1 Å². The zero-order chi connectivity index (χ0) is 18.7. The maximum absolute atomic E-state index is 13.6. The molecule has 1 aliphatic carbocycles. The number of carbonyl (C=O) groups excluding carboxylic acids is 1. The molecule has 1 unspecified atom stereocenters. The molecule has 1 atom stereocenters. The van der Waals surface area contributed by atoms with Crippen LogP contribution in [0.3, 0.4) is 0 Å². The molecule has 5 nitrogen and oxygen atoms in total. The molecule has 1 aromatic rings. The summed E-state index contributed by atoms with van der Waals surface area (Å²) < 4.78 is 0. The predicted octanol–water partition coefficient (Wildman–Crippen LogP) is 3.01. The van der Waals surface area contributed by atoms with Gasteiger partial charge in [-0.3, -0.25) is 15.1 Å². The van der Waals surface area contributed by atoms with Gasteiger partial charge in [-0.2, -0.15) is 0 Å². The average molecular weight is 364 g/mol. The van der Waals surface area contributed by atoms with Gasteiger partial charge in [-0.05, 0) is 62.9 Å². The van der Waals surface area contributed by atoms with Gasteiger partial charge in [0.15, 0.2) is 11.5 Å². The van der Waals surface area contributed by atoms with Crippen molar-refractivity contribution in [2.45, 2.75) is 37.6 Å². The Balaban J connectivity index is 1.58. The van der Waals surface area contributed by atoms with E-state index in [4.69, 9.17) is 5.41 Å². The smallest absolute Gasteiger partial charge is 0.264 e. The fraction of sp³-hybridized carbons (Fsp3) is 0.455. The van der Waals surface area contributed by atoms with Crippen molar-refractivity contribution < 1.29 is 4.79 Å². The molecule has 3 aliphatic rings. The van der Waals surface area contributed by atoms with Gasteiger partial charge in [-0.15, -0.1) is 0 Å². The molecule has 2 N–H and O–H groups in total. The molecule has 1 aromatic carbocycles. The van der Waals surface area contributed by atoms with Crippen molar-refractivity contribution in [3.8, 4) is 0 Å². The highest BCUT2D eigenvalue weighted by molar-refractivity contribution is 6.10. The second-order valence-corrected chi connectivity index (χ2v) is 7.59. The molecule has 0 aromatic heterocycles. The summed E-state index contributed by atoms with van der Waals surface area (Å²) in [6, 6.07) is 9.84. The average Bonchev–Trinajstić information content (AvgIpc) is 3.31. The van der Waals surface area contributed by atoms with Crippen molar-refractivity contribution in [1.29, 1.82) is 5.41 Å². The molecule has 0 radical (unpaired) electrons. The third-order valence-corrected chi connectivity index (χ3v) is 5.83. The van der Waals surface area contributed by atoms with Gasteiger partial charge in [-0.25, -0.2) is 0 Å². The number of hydrogen-bond acceptors (Lipinski definition) is 3. The van der Waals surface area contributed by atoms with E-state index in [-0.39, 0.29) is 11.9 Å². The standard InChI is InChI=1S/C22H28N4O/c23-21-24-22(18-10-3-1-4-11-18,19-12-5-2-6-13-19)20(27)26(21)17-9-16-25-14-7-8-15-25/h1,3-5,10-13H,2,6-9,14-17H2,(H2,23,24). The largest absolute Gasteiger partial charge is 0.334 e. The number of allylic oxidation sites excluding steroid dienone is 2. The lowest BCUT2D eigenvalue weighted by Gasteiger charge is -2.30. The van der Waals surface area contributed by atoms with Crippen molar-refractivity contribution in [2.24, 2.45) is 0 Å². The fourth-order valence-electron chi connectivity index (χ4n) is 4.41. The number of rotatable bonds is 6. The molecule has 2 saturated heterocycles. The maximum atomic E-state index is 13.6. The molecule has 0 bridgehead atoms. The topological polar surface area (TPSA) is 59.4 Å². The lowest BCUT2D eigenvalue weighted by molar-refractivity contribution is -0.130. The Kier molecular flexibility index (Phi) is 5.12. The number of nitrogens with zero attached hydrogens (tertiary/aromatic N) is 2. The number of benzene rings is 1. The van der Waals surface area contributed by atoms with E-state index in [9.17, 15) is 4.79 Å². The normalized spacial score (nSPS) is 25.8. The summed E-state index contributed by atoms with van der Waals surface area (Å²) in [6.07, 6.45) is 11.7. The maximum Gasteiger partial charge on any atom is 0.264 e. The Hall–Kier alpha value is -2.40. The molecule has 2 fully saturated rings. The number of nitrogens with one attached hydrogen (secondary N) is 2. The minimum Gasteiger partial charge on any atom is -0.334 e. The van der Waals surface area contributed by atoms with E-state index in [1.165, 1.54) is 12.8 Å². The first-order valence-electron chi connectivity index (χ1n) is 10.1. The minimum absolute atomic E-state index is 0.0297. The molecule has 142 valence electrons. The van der Waals surface area contributed by atoms with Crippen molar-refractivity contribution in [3.05, 3.63) is 59.7 Å². The summed E-state index contributed by atoms with van der Waals surface area (Å²) in [5, 5.41) is 11.7. The van der Waals surface area contributed by atoms with Gasteiger partial charge in [0, 0.05) is 6.54 Å². The van der Waals surface area contributed by atoms with Crippen LogP contribution in [0.1, 0.15) is 37.7 Å². The molecular weight excluding hydrogens is 336 g/mol. The van der Waals surface area contributed by atoms with Crippen LogP contribution >= 0.6 is 0 Å². The molecule has 1 amide bonds. The second-order valence-electron chi connectivity index (χ2n) is 7.59. The van der Waals surface area contributed by atoms with Crippen LogP contribution in [0.5, 0.6) is 0 Å². The first kappa shape index (κ1) is 18.0. The molecular formula is C22H28N4O. The molecule has 0 saturated carbocycles. The van der Waals surface area contributed by atoms with Crippen LogP contribution < -0.4 is 5.32 Å². The van der Waals surface area contributed by atoms with Crippen molar-refractivity contribution in [2.75, 3.05) is 26.2 Å². The van der Waals surface area contributed by atoms with Crippen LogP contribution in [0.2, 0.25) is 0 Å². The quantitative estimate of drug-likeness (QED) is 0.816. The SMILES string of the molecule is N=C1NC(C2=CCCC=C2)(c2ccccc2)C(=O)N1CCCN1CCCC1. The molecule has 4 rings (SSSR count). The second kappa shape index (κ2) is 7.69. The van der Waals surface area contributed by atoms with E-state index < -0.39 is 5.54 Å². The van der Waals surface area contributed by atoms with E-state index in [2.05, 4.69) is 22.4 Å². The van der Waals surface area contributed by atoms with Gasteiger partial charge < -0.3 is 10.2 Å². The summed E-state index contributed by atoms with van der Waals surface area (Å²) in [4.78, 5) is 17.7. The van der Waals surface area contributed by atoms with E-state index in [0.29, 0.717) is 6.54 Å². The molecule has 0 spiro atoms. The molecule has 27 heavy (non-hydrogen) atoms. The number of carbonyl (C=O) groups is 1. The fourth-order valence-corrected chi connectivity index (χ4v) is 4.41. The van der Waals surface area contributed by atoms with Gasteiger partial charge in [0.25, 0.3) is 5.91 Å². The van der Waals surface area contributed by atoms with Crippen molar-refractivity contribution in [3.63, 3.8) is 0 Å². The van der Waals surface area contributed by atoms with E-state index >= 15 is 0 Å². The third-order valence-electron chi connectivity index (χ3n) is 5.83. The highest BCUT2D eigenvalue weighted by atomic mass is 16.2. The Morgan fingerprint density at radius 2 is 1.85 bits per heavy atom.